The van der Waals surface area contributed by atoms with Crippen LogP contribution in [0.25, 0.3) is 11.3 Å². The molecule has 0 radical (unpaired) electrons. The van der Waals surface area contributed by atoms with Gasteiger partial charge in [-0.25, -0.2) is 9.98 Å². The van der Waals surface area contributed by atoms with Crippen molar-refractivity contribution < 1.29 is 4.42 Å². The van der Waals surface area contributed by atoms with Crippen molar-refractivity contribution in [3.05, 3.63) is 42.4 Å². The molecule has 7 heteroatoms. The molecule has 0 spiro atoms. The third-order valence-electron chi connectivity index (χ3n) is 4.42. The van der Waals surface area contributed by atoms with E-state index in [4.69, 9.17) is 10.2 Å². The average molecular weight is 455 g/mol. The molecule has 1 saturated heterocycles. The molecular formula is C18H26IN5O. The Morgan fingerprint density at radius 3 is 2.96 bits per heavy atom. The lowest BCUT2D eigenvalue weighted by molar-refractivity contribution is 0.267. The van der Waals surface area contributed by atoms with E-state index in [1.807, 2.05) is 30.3 Å². The summed E-state index contributed by atoms with van der Waals surface area (Å²) in [6, 6.07) is 10.5. The molecule has 6 nitrogen and oxygen atoms in total. The first-order chi connectivity index (χ1) is 11.8. The minimum atomic E-state index is 0. The van der Waals surface area contributed by atoms with Gasteiger partial charge in [-0.2, -0.15) is 0 Å². The Kier molecular flexibility index (Phi) is 7.70. The van der Waals surface area contributed by atoms with E-state index in [1.54, 1.807) is 6.20 Å². The fraction of sp³-hybridized carbons (Fsp3) is 0.444. The maximum absolute atomic E-state index is 5.96. The summed E-state index contributed by atoms with van der Waals surface area (Å²) >= 11 is 0. The van der Waals surface area contributed by atoms with Crippen LogP contribution < -0.4 is 11.1 Å². The molecule has 1 fully saturated rings. The van der Waals surface area contributed by atoms with Gasteiger partial charge in [0.2, 0.25) is 5.89 Å². The van der Waals surface area contributed by atoms with Crippen LogP contribution in [0.1, 0.15) is 25.7 Å². The number of hydrogen-bond donors (Lipinski definition) is 2. The maximum Gasteiger partial charge on any atom is 0.216 e. The zero-order valence-electron chi connectivity index (χ0n) is 14.5. The van der Waals surface area contributed by atoms with Gasteiger partial charge in [0, 0.05) is 18.2 Å². The number of halogens is 1. The van der Waals surface area contributed by atoms with Crippen LogP contribution in [0.4, 0.5) is 0 Å². The van der Waals surface area contributed by atoms with Gasteiger partial charge in [-0.3, -0.25) is 4.90 Å². The first-order valence-electron chi connectivity index (χ1n) is 8.54. The summed E-state index contributed by atoms with van der Waals surface area (Å²) in [6.45, 7) is 5.64. The van der Waals surface area contributed by atoms with Crippen LogP contribution in [-0.4, -0.2) is 41.5 Å². The van der Waals surface area contributed by atoms with E-state index in [2.05, 4.69) is 27.1 Å². The van der Waals surface area contributed by atoms with Gasteiger partial charge >= 0.3 is 0 Å². The van der Waals surface area contributed by atoms with Crippen molar-refractivity contribution >= 4 is 29.9 Å². The number of benzene rings is 1. The number of nitrogens with zero attached hydrogens (tertiary/aromatic N) is 3. The molecule has 1 aliphatic rings. The summed E-state index contributed by atoms with van der Waals surface area (Å²) in [6.07, 6.45) is 4.20. The molecule has 136 valence electrons. The van der Waals surface area contributed by atoms with E-state index in [9.17, 15) is 0 Å². The lowest BCUT2D eigenvalue weighted by atomic mass is 10.2. The van der Waals surface area contributed by atoms with Gasteiger partial charge in [0.25, 0.3) is 0 Å². The van der Waals surface area contributed by atoms with Crippen molar-refractivity contribution in [2.45, 2.75) is 32.4 Å². The number of aliphatic imine (C=N–C) groups is 1. The third kappa shape index (κ3) is 5.43. The van der Waals surface area contributed by atoms with Gasteiger partial charge < -0.3 is 15.5 Å². The van der Waals surface area contributed by atoms with E-state index >= 15 is 0 Å². The van der Waals surface area contributed by atoms with E-state index in [1.165, 1.54) is 19.4 Å². The number of nitrogens with one attached hydrogen (secondary N) is 1. The highest BCUT2D eigenvalue weighted by atomic mass is 127. The Morgan fingerprint density at radius 1 is 1.40 bits per heavy atom. The normalized spacial score (nSPS) is 18.1. The molecule has 3 rings (SSSR count). The number of aromatic nitrogens is 1. The van der Waals surface area contributed by atoms with Crippen LogP contribution in [0.3, 0.4) is 0 Å². The number of hydrogen-bond acceptors (Lipinski definition) is 4. The summed E-state index contributed by atoms with van der Waals surface area (Å²) in [5, 5.41) is 3.21. The van der Waals surface area contributed by atoms with Crippen molar-refractivity contribution in [2.75, 3.05) is 19.6 Å². The zero-order valence-corrected chi connectivity index (χ0v) is 16.8. The van der Waals surface area contributed by atoms with Gasteiger partial charge in [-0.05, 0) is 25.9 Å². The van der Waals surface area contributed by atoms with Gasteiger partial charge in [-0.1, -0.05) is 37.3 Å². The fourth-order valence-corrected chi connectivity index (χ4v) is 3.09. The molecule has 0 saturated carbocycles. The number of likely N-dealkylation sites (tertiary alicyclic amines) is 1. The molecule has 0 aliphatic carbocycles. The van der Waals surface area contributed by atoms with E-state index in [0.29, 0.717) is 24.4 Å². The number of oxazole rings is 1. The Hall–Kier alpha value is -1.61. The molecule has 1 aliphatic heterocycles. The third-order valence-corrected chi connectivity index (χ3v) is 4.42. The molecule has 3 N–H and O–H groups in total. The van der Waals surface area contributed by atoms with Gasteiger partial charge in [-0.15, -0.1) is 24.0 Å². The second-order valence-corrected chi connectivity index (χ2v) is 5.99. The molecule has 1 unspecified atom stereocenters. The summed E-state index contributed by atoms with van der Waals surface area (Å²) < 4.78 is 5.72. The Balaban J connectivity index is 0.00000225. The summed E-state index contributed by atoms with van der Waals surface area (Å²) in [5.41, 5.74) is 6.96. The van der Waals surface area contributed by atoms with E-state index < -0.39 is 0 Å². The number of guanidine groups is 1. The minimum absolute atomic E-state index is 0. The molecule has 1 atom stereocenters. The van der Waals surface area contributed by atoms with Gasteiger partial charge in [0.1, 0.15) is 6.54 Å². The van der Waals surface area contributed by atoms with E-state index in [-0.39, 0.29) is 24.0 Å². The predicted molar refractivity (Wildman–Crippen MR) is 111 cm³/mol. The van der Waals surface area contributed by atoms with Crippen LogP contribution in [-0.2, 0) is 6.54 Å². The van der Waals surface area contributed by atoms with Crippen molar-refractivity contribution in [2.24, 2.45) is 10.7 Å². The smallest absolute Gasteiger partial charge is 0.216 e. The van der Waals surface area contributed by atoms with Crippen molar-refractivity contribution in [3.8, 4) is 11.3 Å². The summed E-state index contributed by atoms with van der Waals surface area (Å²) in [7, 11) is 0. The van der Waals surface area contributed by atoms with Gasteiger partial charge in [0.05, 0.1) is 6.20 Å². The van der Waals surface area contributed by atoms with Crippen LogP contribution in [0.15, 0.2) is 45.9 Å². The van der Waals surface area contributed by atoms with Crippen molar-refractivity contribution in [1.82, 2.24) is 15.2 Å². The number of nitrogens with two attached hydrogens (primary N) is 1. The van der Waals surface area contributed by atoms with Crippen LogP contribution in [0, 0.1) is 0 Å². The maximum atomic E-state index is 5.96. The van der Waals surface area contributed by atoms with Crippen LogP contribution in [0.5, 0.6) is 0 Å². The first kappa shape index (κ1) is 19.7. The highest BCUT2D eigenvalue weighted by Gasteiger charge is 2.22. The largest absolute Gasteiger partial charge is 0.439 e. The van der Waals surface area contributed by atoms with Gasteiger partial charge in [0.15, 0.2) is 11.7 Å². The highest BCUT2D eigenvalue weighted by Crippen LogP contribution is 2.20. The lowest BCUT2D eigenvalue weighted by Crippen LogP contribution is -2.42. The van der Waals surface area contributed by atoms with Crippen molar-refractivity contribution in [3.63, 3.8) is 0 Å². The SMILES string of the molecule is CCN1CCCC1CNC(N)=NCc1ncc(-c2ccccc2)o1.I. The molecule has 25 heavy (non-hydrogen) atoms. The lowest BCUT2D eigenvalue weighted by Gasteiger charge is -2.23. The molecule has 1 aromatic heterocycles. The first-order valence-corrected chi connectivity index (χ1v) is 8.54. The predicted octanol–water partition coefficient (Wildman–Crippen LogP) is 2.85. The monoisotopic (exact) mass is 455 g/mol. The highest BCUT2D eigenvalue weighted by molar-refractivity contribution is 14.0. The van der Waals surface area contributed by atoms with Crippen LogP contribution >= 0.6 is 24.0 Å². The number of rotatable bonds is 6. The molecule has 2 aromatic rings. The minimum Gasteiger partial charge on any atom is -0.439 e. The zero-order chi connectivity index (χ0) is 16.8. The molecule has 2 heterocycles. The Morgan fingerprint density at radius 2 is 2.20 bits per heavy atom. The summed E-state index contributed by atoms with van der Waals surface area (Å²) in [4.78, 5) is 11.1. The fourth-order valence-electron chi connectivity index (χ4n) is 3.09. The molecular weight excluding hydrogens is 429 g/mol. The quantitative estimate of drug-likeness (QED) is 0.398. The Labute approximate surface area is 165 Å². The topological polar surface area (TPSA) is 79.7 Å². The Bertz CT molecular complexity index is 673. The molecule has 1 aromatic carbocycles. The molecule has 0 bridgehead atoms. The van der Waals surface area contributed by atoms with Crippen LogP contribution in [0.2, 0.25) is 0 Å². The standard InChI is InChI=1S/C18H25N5O.HI/c1-2-23-10-6-9-15(23)11-21-18(19)22-13-17-20-12-16(24-17)14-7-4-3-5-8-14;/h3-5,7-8,12,15H,2,6,9-11,13H2,1H3,(H3,19,21,22);1H. The average Bonchev–Trinajstić information content (AvgIpc) is 3.28. The van der Waals surface area contributed by atoms with E-state index in [0.717, 1.165) is 24.4 Å². The second kappa shape index (κ2) is 9.76. The summed E-state index contributed by atoms with van der Waals surface area (Å²) in [5.74, 6) is 1.75. The second-order valence-electron chi connectivity index (χ2n) is 5.99. The van der Waals surface area contributed by atoms with Crippen molar-refractivity contribution in [1.29, 1.82) is 0 Å². The molecule has 0 amide bonds. The number of likely N-dealkylation sites (N-methyl/N-ethyl adjacent to an activating group) is 1.